The third kappa shape index (κ3) is 3.10. The second kappa shape index (κ2) is 6.39. The summed E-state index contributed by atoms with van der Waals surface area (Å²) in [4.78, 5) is 33.6. The fraction of sp³-hybridized carbons (Fsp3) is 0.211. The summed E-state index contributed by atoms with van der Waals surface area (Å²) in [5.41, 5.74) is 3.03. The van der Waals surface area contributed by atoms with Crippen molar-refractivity contribution in [1.29, 1.82) is 0 Å². The van der Waals surface area contributed by atoms with Gasteiger partial charge in [0.15, 0.2) is 0 Å². The van der Waals surface area contributed by atoms with E-state index in [9.17, 15) is 9.59 Å². The number of rotatable bonds is 3. The van der Waals surface area contributed by atoms with Crippen LogP contribution in [0, 0.1) is 0 Å². The van der Waals surface area contributed by atoms with Gasteiger partial charge in [-0.25, -0.2) is 4.98 Å². The molecule has 25 heavy (non-hydrogen) atoms. The summed E-state index contributed by atoms with van der Waals surface area (Å²) in [5, 5.41) is 2.77. The molecule has 126 valence electrons. The number of amides is 2. The molecular weight excluding hydrogens is 316 g/mol. The minimum Gasteiger partial charge on any atom is -0.324 e. The summed E-state index contributed by atoms with van der Waals surface area (Å²) < 4.78 is 0. The lowest BCUT2D eigenvalue weighted by Gasteiger charge is -2.26. The van der Waals surface area contributed by atoms with E-state index >= 15 is 0 Å². The van der Waals surface area contributed by atoms with E-state index in [1.54, 1.807) is 17.0 Å². The summed E-state index contributed by atoms with van der Waals surface area (Å²) in [6.07, 6.45) is 2.56. The minimum atomic E-state index is -0.240. The average molecular weight is 334 g/mol. The highest BCUT2D eigenvalue weighted by Crippen LogP contribution is 2.21. The van der Waals surface area contributed by atoms with Crippen LogP contribution < -0.4 is 10.2 Å². The SMILES string of the molecule is O=C(Nc1nc2ccccc2[nH]1)c1ccc(N2CCCCC2=O)cc1. The zero-order valence-electron chi connectivity index (χ0n) is 13.7. The molecule has 1 aliphatic rings. The quantitative estimate of drug-likeness (QED) is 0.771. The molecule has 1 aliphatic heterocycles. The van der Waals surface area contributed by atoms with Crippen molar-refractivity contribution in [2.45, 2.75) is 19.3 Å². The third-order valence-corrected chi connectivity index (χ3v) is 4.39. The predicted molar refractivity (Wildman–Crippen MR) is 96.7 cm³/mol. The van der Waals surface area contributed by atoms with Crippen LogP contribution >= 0.6 is 0 Å². The first-order valence-corrected chi connectivity index (χ1v) is 8.37. The normalized spacial score (nSPS) is 14.7. The van der Waals surface area contributed by atoms with Gasteiger partial charge in [0.25, 0.3) is 5.91 Å². The number of hydrogen-bond donors (Lipinski definition) is 2. The maximum absolute atomic E-state index is 12.4. The van der Waals surface area contributed by atoms with Crippen molar-refractivity contribution in [2.24, 2.45) is 0 Å². The molecule has 0 bridgehead atoms. The fourth-order valence-electron chi connectivity index (χ4n) is 3.06. The van der Waals surface area contributed by atoms with Crippen molar-refractivity contribution in [3.63, 3.8) is 0 Å². The minimum absolute atomic E-state index is 0.144. The molecule has 0 radical (unpaired) electrons. The molecular formula is C19H18N4O2. The standard InChI is InChI=1S/C19H18N4O2/c24-17-7-3-4-12-23(17)14-10-8-13(9-11-14)18(25)22-19-20-15-5-1-2-6-16(15)21-19/h1-2,5-6,8-11H,3-4,7,12H2,(H2,20,21,22,25). The van der Waals surface area contributed by atoms with E-state index in [4.69, 9.17) is 0 Å². The predicted octanol–water partition coefficient (Wildman–Crippen LogP) is 3.33. The smallest absolute Gasteiger partial charge is 0.257 e. The van der Waals surface area contributed by atoms with Crippen LogP contribution in [0.2, 0.25) is 0 Å². The number of fused-ring (bicyclic) bond motifs is 1. The number of anilines is 2. The van der Waals surface area contributed by atoms with E-state index in [0.717, 1.165) is 36.1 Å². The summed E-state index contributed by atoms with van der Waals surface area (Å²) >= 11 is 0. The Hall–Kier alpha value is -3.15. The van der Waals surface area contributed by atoms with Gasteiger partial charge in [0.1, 0.15) is 0 Å². The largest absolute Gasteiger partial charge is 0.324 e. The Balaban J connectivity index is 1.49. The second-order valence-electron chi connectivity index (χ2n) is 6.11. The number of para-hydroxylation sites is 2. The number of H-pyrrole nitrogens is 1. The number of nitrogens with one attached hydrogen (secondary N) is 2. The third-order valence-electron chi connectivity index (χ3n) is 4.39. The lowest BCUT2D eigenvalue weighted by molar-refractivity contribution is -0.119. The molecule has 0 spiro atoms. The summed E-state index contributed by atoms with van der Waals surface area (Å²) in [6, 6.07) is 14.7. The van der Waals surface area contributed by atoms with Crippen LogP contribution in [0.1, 0.15) is 29.6 Å². The van der Waals surface area contributed by atoms with E-state index in [1.165, 1.54) is 0 Å². The molecule has 2 aromatic carbocycles. The summed E-state index contributed by atoms with van der Waals surface area (Å²) in [5.74, 6) is 0.322. The van der Waals surface area contributed by atoms with E-state index < -0.39 is 0 Å². The van der Waals surface area contributed by atoms with E-state index in [0.29, 0.717) is 17.9 Å². The summed E-state index contributed by atoms with van der Waals surface area (Å²) in [7, 11) is 0. The van der Waals surface area contributed by atoms with Gasteiger partial charge >= 0.3 is 0 Å². The Morgan fingerprint density at radius 3 is 2.64 bits per heavy atom. The van der Waals surface area contributed by atoms with Crippen molar-refractivity contribution in [1.82, 2.24) is 9.97 Å². The molecule has 6 heteroatoms. The maximum Gasteiger partial charge on any atom is 0.257 e. The lowest BCUT2D eigenvalue weighted by Crippen LogP contribution is -2.35. The van der Waals surface area contributed by atoms with E-state index in [2.05, 4.69) is 15.3 Å². The van der Waals surface area contributed by atoms with Gasteiger partial charge in [-0.05, 0) is 49.2 Å². The van der Waals surface area contributed by atoms with Gasteiger partial charge in [0.05, 0.1) is 11.0 Å². The van der Waals surface area contributed by atoms with Gasteiger partial charge in [-0.2, -0.15) is 0 Å². The number of benzene rings is 2. The van der Waals surface area contributed by atoms with Crippen molar-refractivity contribution < 1.29 is 9.59 Å². The average Bonchev–Trinajstić information content (AvgIpc) is 3.04. The van der Waals surface area contributed by atoms with Gasteiger partial charge < -0.3 is 9.88 Å². The van der Waals surface area contributed by atoms with Crippen molar-refractivity contribution >= 4 is 34.5 Å². The Bertz CT molecular complexity index is 897. The van der Waals surface area contributed by atoms with Gasteiger partial charge in [0, 0.05) is 24.2 Å². The number of aromatic nitrogens is 2. The molecule has 0 aliphatic carbocycles. The van der Waals surface area contributed by atoms with Crippen molar-refractivity contribution in [3.8, 4) is 0 Å². The molecule has 6 nitrogen and oxygen atoms in total. The highest BCUT2D eigenvalue weighted by Gasteiger charge is 2.19. The van der Waals surface area contributed by atoms with Crippen molar-refractivity contribution in [2.75, 3.05) is 16.8 Å². The Labute approximate surface area is 144 Å². The van der Waals surface area contributed by atoms with Crippen molar-refractivity contribution in [3.05, 3.63) is 54.1 Å². The number of carbonyl (C=O) groups excluding carboxylic acids is 2. The second-order valence-corrected chi connectivity index (χ2v) is 6.11. The first kappa shape index (κ1) is 15.4. The molecule has 1 saturated heterocycles. The molecule has 0 saturated carbocycles. The zero-order chi connectivity index (χ0) is 17.2. The number of aromatic amines is 1. The molecule has 3 aromatic rings. The monoisotopic (exact) mass is 334 g/mol. The first-order valence-electron chi connectivity index (χ1n) is 8.37. The highest BCUT2D eigenvalue weighted by molar-refractivity contribution is 6.04. The van der Waals surface area contributed by atoms with Crippen LogP contribution in [0.4, 0.5) is 11.6 Å². The van der Waals surface area contributed by atoms with E-state index in [1.807, 2.05) is 36.4 Å². The maximum atomic E-state index is 12.4. The Kier molecular flexibility index (Phi) is 3.93. The molecule has 2 amide bonds. The van der Waals surface area contributed by atoms with Gasteiger partial charge in [-0.15, -0.1) is 0 Å². The van der Waals surface area contributed by atoms with Gasteiger partial charge in [-0.1, -0.05) is 12.1 Å². The summed E-state index contributed by atoms with van der Waals surface area (Å²) in [6.45, 7) is 0.739. The fourth-order valence-corrected chi connectivity index (χ4v) is 3.06. The number of hydrogen-bond acceptors (Lipinski definition) is 3. The Morgan fingerprint density at radius 1 is 1.08 bits per heavy atom. The lowest BCUT2D eigenvalue weighted by atomic mass is 10.1. The molecule has 0 unspecified atom stereocenters. The zero-order valence-corrected chi connectivity index (χ0v) is 13.7. The van der Waals surface area contributed by atoms with Crippen LogP contribution in [-0.2, 0) is 4.79 Å². The van der Waals surface area contributed by atoms with Crippen LogP contribution in [0.15, 0.2) is 48.5 Å². The van der Waals surface area contributed by atoms with Crippen LogP contribution in [0.25, 0.3) is 11.0 Å². The van der Waals surface area contributed by atoms with Crippen LogP contribution in [0.3, 0.4) is 0 Å². The Morgan fingerprint density at radius 2 is 1.88 bits per heavy atom. The number of piperidine rings is 1. The first-order chi connectivity index (χ1) is 12.2. The molecule has 0 atom stereocenters. The molecule has 1 fully saturated rings. The molecule has 2 N–H and O–H groups in total. The van der Waals surface area contributed by atoms with Crippen LogP contribution in [0.5, 0.6) is 0 Å². The number of carbonyl (C=O) groups is 2. The molecule has 4 rings (SSSR count). The van der Waals surface area contributed by atoms with E-state index in [-0.39, 0.29) is 11.8 Å². The van der Waals surface area contributed by atoms with Gasteiger partial charge in [0.2, 0.25) is 11.9 Å². The van der Waals surface area contributed by atoms with Gasteiger partial charge in [-0.3, -0.25) is 14.9 Å². The topological polar surface area (TPSA) is 78.1 Å². The number of nitrogens with zero attached hydrogens (tertiary/aromatic N) is 2. The number of imidazole rings is 1. The van der Waals surface area contributed by atoms with Crippen LogP contribution in [-0.4, -0.2) is 28.3 Å². The molecule has 2 heterocycles. The highest BCUT2D eigenvalue weighted by atomic mass is 16.2. The molecule has 1 aromatic heterocycles.